The van der Waals surface area contributed by atoms with Crippen LogP contribution >= 0.6 is 0 Å². The average Bonchev–Trinajstić information content (AvgIpc) is 2.59. The van der Waals surface area contributed by atoms with E-state index in [9.17, 15) is 9.90 Å². The molecule has 0 radical (unpaired) electrons. The minimum absolute atomic E-state index is 0.0306. The minimum atomic E-state index is -0.742. The molecule has 6 nitrogen and oxygen atoms in total. The first kappa shape index (κ1) is 18.7. The number of carboxylic acids is 1. The molecule has 2 N–H and O–H groups in total. The maximum Gasteiger partial charge on any atom is 0.311 e. The Labute approximate surface area is 143 Å². The van der Waals surface area contributed by atoms with Crippen molar-refractivity contribution in [2.24, 2.45) is 5.41 Å². The second kappa shape index (κ2) is 9.01. The van der Waals surface area contributed by atoms with E-state index >= 15 is 0 Å². The third-order valence-electron chi connectivity index (χ3n) is 4.61. The predicted octanol–water partition coefficient (Wildman–Crippen LogP) is 1.76. The molecule has 2 rings (SSSR count). The Morgan fingerprint density at radius 2 is 2.12 bits per heavy atom. The zero-order chi connectivity index (χ0) is 17.4. The number of methoxy groups -OCH3 is 1. The highest BCUT2D eigenvalue weighted by atomic mass is 16.5. The molecule has 1 aliphatic heterocycles. The van der Waals surface area contributed by atoms with E-state index in [-0.39, 0.29) is 13.2 Å². The molecule has 0 bridgehead atoms. The lowest BCUT2D eigenvalue weighted by molar-refractivity contribution is -0.154. The summed E-state index contributed by atoms with van der Waals surface area (Å²) in [5.41, 5.74) is 0.272. The van der Waals surface area contributed by atoms with Gasteiger partial charge in [0.25, 0.3) is 0 Å². The Bertz CT molecular complexity index is 536. The molecule has 1 heterocycles. The van der Waals surface area contributed by atoms with Gasteiger partial charge in [0.2, 0.25) is 0 Å². The number of nitrogens with zero attached hydrogens (tertiary/aromatic N) is 1. The molecular formula is C18H27NO5. The molecule has 1 aromatic rings. The Kier molecular flexibility index (Phi) is 7.02. The Morgan fingerprint density at radius 1 is 1.33 bits per heavy atom. The fourth-order valence-corrected chi connectivity index (χ4v) is 3.32. The van der Waals surface area contributed by atoms with Crippen LogP contribution in [0.25, 0.3) is 0 Å². The predicted molar refractivity (Wildman–Crippen MR) is 90.1 cm³/mol. The van der Waals surface area contributed by atoms with E-state index in [1.54, 1.807) is 7.11 Å². The number of hydrogen-bond donors (Lipinski definition) is 2. The summed E-state index contributed by atoms with van der Waals surface area (Å²) in [4.78, 5) is 14.0. The van der Waals surface area contributed by atoms with E-state index in [1.807, 2.05) is 24.3 Å². The summed E-state index contributed by atoms with van der Waals surface area (Å²) >= 11 is 0. The van der Waals surface area contributed by atoms with Crippen LogP contribution in [0.3, 0.4) is 0 Å². The van der Waals surface area contributed by atoms with Crippen LogP contribution in [0.2, 0.25) is 0 Å². The van der Waals surface area contributed by atoms with Gasteiger partial charge in [0.15, 0.2) is 0 Å². The van der Waals surface area contributed by atoms with Gasteiger partial charge in [-0.15, -0.1) is 0 Å². The molecule has 24 heavy (non-hydrogen) atoms. The molecule has 1 saturated heterocycles. The number of aliphatic hydroxyl groups is 1. The van der Waals surface area contributed by atoms with Crippen molar-refractivity contribution in [3.8, 4) is 5.75 Å². The number of ether oxygens (including phenoxy) is 2. The molecule has 1 fully saturated rings. The lowest BCUT2D eigenvalue weighted by atomic mass is 9.77. The smallest absolute Gasteiger partial charge is 0.311 e. The van der Waals surface area contributed by atoms with E-state index in [4.69, 9.17) is 14.6 Å². The summed E-state index contributed by atoms with van der Waals surface area (Å²) in [6, 6.07) is 7.70. The molecule has 1 aliphatic rings. The summed E-state index contributed by atoms with van der Waals surface area (Å²) in [6.45, 7) is 2.71. The number of likely N-dealkylation sites (tertiary alicyclic amines) is 1. The fraction of sp³-hybridized carbons (Fsp3) is 0.611. The van der Waals surface area contributed by atoms with Gasteiger partial charge in [0.05, 0.1) is 12.0 Å². The van der Waals surface area contributed by atoms with Crippen LogP contribution < -0.4 is 4.74 Å². The van der Waals surface area contributed by atoms with Crippen molar-refractivity contribution < 1.29 is 24.5 Å². The van der Waals surface area contributed by atoms with Crippen molar-refractivity contribution in [3.05, 3.63) is 29.8 Å². The fourth-order valence-electron chi connectivity index (χ4n) is 3.32. The van der Waals surface area contributed by atoms with Crippen molar-refractivity contribution in [2.45, 2.75) is 25.8 Å². The van der Waals surface area contributed by atoms with Gasteiger partial charge >= 0.3 is 5.97 Å². The van der Waals surface area contributed by atoms with E-state index in [0.717, 1.165) is 24.3 Å². The zero-order valence-corrected chi connectivity index (χ0v) is 14.2. The molecule has 0 saturated carbocycles. The van der Waals surface area contributed by atoms with Crippen molar-refractivity contribution in [3.63, 3.8) is 0 Å². The molecule has 0 spiro atoms. The van der Waals surface area contributed by atoms with E-state index in [2.05, 4.69) is 4.90 Å². The second-order valence-corrected chi connectivity index (χ2v) is 6.32. The third kappa shape index (κ3) is 4.69. The maximum absolute atomic E-state index is 11.9. The number of aliphatic hydroxyl groups excluding tert-OH is 1. The van der Waals surface area contributed by atoms with E-state index < -0.39 is 11.4 Å². The van der Waals surface area contributed by atoms with Gasteiger partial charge < -0.3 is 19.7 Å². The van der Waals surface area contributed by atoms with Crippen LogP contribution in [0.5, 0.6) is 5.75 Å². The molecule has 0 aromatic heterocycles. The first-order valence-corrected chi connectivity index (χ1v) is 8.37. The number of aliphatic carboxylic acids is 1. The normalized spacial score (nSPS) is 21.6. The van der Waals surface area contributed by atoms with Crippen LogP contribution in [-0.4, -0.2) is 61.1 Å². The summed E-state index contributed by atoms with van der Waals surface area (Å²) in [6.07, 6.45) is 2.07. The number of carboxylic acid groups (broad SMARTS) is 1. The number of para-hydroxylation sites is 1. The quantitative estimate of drug-likeness (QED) is 0.715. The molecule has 134 valence electrons. The van der Waals surface area contributed by atoms with Crippen molar-refractivity contribution in [1.82, 2.24) is 4.90 Å². The highest BCUT2D eigenvalue weighted by Gasteiger charge is 2.42. The Morgan fingerprint density at radius 3 is 2.83 bits per heavy atom. The Hall–Kier alpha value is -1.63. The molecular weight excluding hydrogens is 310 g/mol. The van der Waals surface area contributed by atoms with Gasteiger partial charge in [-0.05, 0) is 31.9 Å². The summed E-state index contributed by atoms with van der Waals surface area (Å²) in [7, 11) is 1.60. The molecule has 0 aliphatic carbocycles. The van der Waals surface area contributed by atoms with Crippen LogP contribution in [0.1, 0.15) is 24.8 Å². The first-order valence-electron chi connectivity index (χ1n) is 8.37. The number of hydrogen-bond acceptors (Lipinski definition) is 5. The minimum Gasteiger partial charge on any atom is -0.491 e. The SMILES string of the molecule is COCC[C@]1(C(=O)O)CCCN(Cc2ccccc2OCCO)C1. The third-order valence-corrected chi connectivity index (χ3v) is 4.61. The lowest BCUT2D eigenvalue weighted by Gasteiger charge is -2.40. The van der Waals surface area contributed by atoms with E-state index in [0.29, 0.717) is 32.5 Å². The topological polar surface area (TPSA) is 79.2 Å². The van der Waals surface area contributed by atoms with Gasteiger partial charge in [-0.25, -0.2) is 0 Å². The van der Waals surface area contributed by atoms with Gasteiger partial charge in [-0.2, -0.15) is 0 Å². The molecule has 0 amide bonds. The number of piperidine rings is 1. The standard InChI is InChI=1S/C18H27NO5/c1-23-11-8-18(17(21)22)7-4-9-19(14-18)13-15-5-2-3-6-16(15)24-12-10-20/h2-3,5-6,20H,4,7-14H2,1H3,(H,21,22)/t18-/m1/s1. The van der Waals surface area contributed by atoms with Crippen molar-refractivity contribution in [1.29, 1.82) is 0 Å². The molecule has 1 atom stereocenters. The van der Waals surface area contributed by atoms with Crippen molar-refractivity contribution in [2.75, 3.05) is 40.0 Å². The molecule has 6 heteroatoms. The van der Waals surface area contributed by atoms with E-state index in [1.165, 1.54) is 0 Å². The average molecular weight is 337 g/mol. The number of rotatable bonds is 9. The van der Waals surface area contributed by atoms with Gasteiger partial charge in [-0.1, -0.05) is 18.2 Å². The van der Waals surface area contributed by atoms with Gasteiger partial charge in [0, 0.05) is 32.4 Å². The highest BCUT2D eigenvalue weighted by molar-refractivity contribution is 5.75. The molecule has 1 aromatic carbocycles. The summed E-state index contributed by atoms with van der Waals surface area (Å²) in [5.74, 6) is 0.00371. The maximum atomic E-state index is 11.9. The van der Waals surface area contributed by atoms with Crippen LogP contribution in [0, 0.1) is 5.41 Å². The number of carbonyl (C=O) groups is 1. The Balaban J connectivity index is 2.08. The largest absolute Gasteiger partial charge is 0.491 e. The zero-order valence-electron chi connectivity index (χ0n) is 14.2. The van der Waals surface area contributed by atoms with Crippen LogP contribution in [-0.2, 0) is 16.1 Å². The van der Waals surface area contributed by atoms with Crippen LogP contribution in [0.15, 0.2) is 24.3 Å². The first-order chi connectivity index (χ1) is 11.6. The highest BCUT2D eigenvalue weighted by Crippen LogP contribution is 2.35. The summed E-state index contributed by atoms with van der Waals surface area (Å²) < 4.78 is 10.7. The van der Waals surface area contributed by atoms with Crippen LogP contribution in [0.4, 0.5) is 0 Å². The summed E-state index contributed by atoms with van der Waals surface area (Å²) in [5, 5.41) is 18.7. The lowest BCUT2D eigenvalue weighted by Crippen LogP contribution is -2.48. The second-order valence-electron chi connectivity index (χ2n) is 6.32. The van der Waals surface area contributed by atoms with Gasteiger partial charge in [-0.3, -0.25) is 9.69 Å². The molecule has 0 unspecified atom stereocenters. The van der Waals surface area contributed by atoms with Gasteiger partial charge in [0.1, 0.15) is 12.4 Å². The number of benzene rings is 1. The van der Waals surface area contributed by atoms with Crippen molar-refractivity contribution >= 4 is 5.97 Å². The monoisotopic (exact) mass is 337 g/mol.